The van der Waals surface area contributed by atoms with E-state index in [9.17, 15) is 14.9 Å². The van der Waals surface area contributed by atoms with Crippen molar-refractivity contribution in [1.82, 2.24) is 10.2 Å². The first-order chi connectivity index (χ1) is 12.1. The number of ether oxygens (including phenoxy) is 1. The monoisotopic (exact) mass is 339 g/mol. The third-order valence-electron chi connectivity index (χ3n) is 3.44. The maximum atomic E-state index is 12.0. The molecule has 0 saturated heterocycles. The van der Waals surface area contributed by atoms with Crippen LogP contribution in [0.4, 0.5) is 17.1 Å². The Morgan fingerprint density at radius 2 is 1.84 bits per heavy atom. The van der Waals surface area contributed by atoms with Gasteiger partial charge >= 0.3 is 0 Å². The van der Waals surface area contributed by atoms with Crippen molar-refractivity contribution in [2.45, 2.75) is 0 Å². The average Bonchev–Trinajstić information content (AvgIpc) is 3.01. The minimum Gasteiger partial charge on any atom is -0.497 e. The molecule has 0 aliphatic carbocycles. The van der Waals surface area contributed by atoms with E-state index in [1.54, 1.807) is 37.4 Å². The topological polar surface area (TPSA) is 126 Å². The summed E-state index contributed by atoms with van der Waals surface area (Å²) in [5.41, 5.74) is 0.982. The molecule has 3 aromatic rings. The number of nitro benzene ring substituents is 1. The first-order valence-corrected chi connectivity index (χ1v) is 7.20. The molecular weight excluding hydrogens is 326 g/mol. The molecule has 0 unspecified atom stereocenters. The lowest BCUT2D eigenvalue weighted by Crippen LogP contribution is -1.96. The summed E-state index contributed by atoms with van der Waals surface area (Å²) in [6.45, 7) is 0. The Balaban J connectivity index is 1.95. The van der Waals surface area contributed by atoms with Gasteiger partial charge in [-0.3, -0.25) is 25.1 Å². The Morgan fingerprint density at radius 1 is 1.08 bits per heavy atom. The molecule has 2 aromatic carbocycles. The van der Waals surface area contributed by atoms with Crippen molar-refractivity contribution < 1.29 is 9.66 Å². The second kappa shape index (κ2) is 6.79. The van der Waals surface area contributed by atoms with E-state index >= 15 is 0 Å². The Labute approximate surface area is 141 Å². The van der Waals surface area contributed by atoms with E-state index in [1.165, 1.54) is 18.2 Å². The number of aromatic amines is 2. The number of H-pyrrole nitrogens is 2. The van der Waals surface area contributed by atoms with Crippen LogP contribution in [0.3, 0.4) is 0 Å². The van der Waals surface area contributed by atoms with Crippen molar-refractivity contribution >= 4 is 17.1 Å². The minimum absolute atomic E-state index is 0.0803. The van der Waals surface area contributed by atoms with E-state index in [-0.39, 0.29) is 17.1 Å². The van der Waals surface area contributed by atoms with Gasteiger partial charge in [0, 0.05) is 17.7 Å². The largest absolute Gasteiger partial charge is 0.497 e. The molecule has 0 fully saturated rings. The first-order valence-electron chi connectivity index (χ1n) is 7.20. The quantitative estimate of drug-likeness (QED) is 0.417. The highest BCUT2D eigenvalue weighted by molar-refractivity contribution is 5.71. The first kappa shape index (κ1) is 16.1. The van der Waals surface area contributed by atoms with Crippen LogP contribution in [-0.4, -0.2) is 22.2 Å². The Hall–Kier alpha value is -3.75. The predicted octanol–water partition coefficient (Wildman–Crippen LogP) is 3.70. The van der Waals surface area contributed by atoms with Gasteiger partial charge in [0.05, 0.1) is 23.4 Å². The third kappa shape index (κ3) is 3.44. The fourth-order valence-electron chi connectivity index (χ4n) is 2.19. The van der Waals surface area contributed by atoms with Crippen LogP contribution in [0, 0.1) is 10.1 Å². The average molecular weight is 339 g/mol. The highest BCUT2D eigenvalue weighted by Gasteiger charge is 2.12. The number of nitro groups is 1. The van der Waals surface area contributed by atoms with Crippen molar-refractivity contribution in [3.8, 4) is 17.0 Å². The number of aromatic nitrogens is 2. The summed E-state index contributed by atoms with van der Waals surface area (Å²) in [6, 6.07) is 12.7. The molecular formula is C16H13N5O4. The van der Waals surface area contributed by atoms with Crippen LogP contribution in [0.2, 0.25) is 0 Å². The summed E-state index contributed by atoms with van der Waals surface area (Å²) in [5, 5.41) is 23.9. The number of nitrogens with one attached hydrogen (secondary N) is 2. The smallest absolute Gasteiger partial charge is 0.292 e. The molecule has 2 N–H and O–H groups in total. The lowest BCUT2D eigenvalue weighted by atomic mass is 10.1. The zero-order valence-corrected chi connectivity index (χ0v) is 13.1. The number of non-ortho nitro benzene ring substituents is 1. The number of hydrogen-bond acceptors (Lipinski definition) is 6. The molecule has 0 aliphatic heterocycles. The molecule has 9 nitrogen and oxygen atoms in total. The number of nitrogens with zero attached hydrogens (tertiary/aromatic N) is 3. The Kier molecular flexibility index (Phi) is 4.38. The number of rotatable bonds is 5. The van der Waals surface area contributed by atoms with E-state index < -0.39 is 10.5 Å². The van der Waals surface area contributed by atoms with Crippen LogP contribution in [0.1, 0.15) is 0 Å². The molecule has 0 radical (unpaired) electrons. The highest BCUT2D eigenvalue weighted by atomic mass is 16.6. The van der Waals surface area contributed by atoms with Gasteiger partial charge in [0.1, 0.15) is 5.75 Å². The third-order valence-corrected chi connectivity index (χ3v) is 3.44. The van der Waals surface area contributed by atoms with E-state index in [0.29, 0.717) is 17.0 Å². The van der Waals surface area contributed by atoms with E-state index in [4.69, 9.17) is 4.74 Å². The molecule has 0 aliphatic rings. The summed E-state index contributed by atoms with van der Waals surface area (Å²) < 4.78 is 5.10. The zero-order valence-electron chi connectivity index (χ0n) is 13.1. The van der Waals surface area contributed by atoms with Gasteiger partial charge in [0.2, 0.25) is 0 Å². The van der Waals surface area contributed by atoms with Crippen LogP contribution >= 0.6 is 0 Å². The van der Waals surface area contributed by atoms with Gasteiger partial charge in [-0.1, -0.05) is 6.07 Å². The van der Waals surface area contributed by atoms with Gasteiger partial charge in [0.25, 0.3) is 11.2 Å². The molecule has 0 bridgehead atoms. The number of benzene rings is 2. The number of azo groups is 1. The molecule has 0 amide bonds. The number of methoxy groups -OCH3 is 1. The van der Waals surface area contributed by atoms with Gasteiger partial charge < -0.3 is 4.74 Å². The minimum atomic E-state index is -0.523. The van der Waals surface area contributed by atoms with Crippen molar-refractivity contribution in [2.24, 2.45) is 10.2 Å². The molecule has 9 heteroatoms. The molecule has 1 aromatic heterocycles. The summed E-state index contributed by atoms with van der Waals surface area (Å²) in [6.07, 6.45) is 0. The summed E-state index contributed by atoms with van der Waals surface area (Å²) >= 11 is 0. The van der Waals surface area contributed by atoms with Crippen LogP contribution in [-0.2, 0) is 0 Å². The SMILES string of the molecule is COc1ccc(-c2[nH][nH]c(=O)c2N=Nc2cccc([N+](=O)[O-])c2)cc1. The maximum Gasteiger partial charge on any atom is 0.292 e. The zero-order chi connectivity index (χ0) is 17.8. The second-order valence-electron chi connectivity index (χ2n) is 5.01. The molecule has 3 rings (SSSR count). The van der Waals surface area contributed by atoms with Crippen LogP contribution in [0.15, 0.2) is 63.6 Å². The summed E-state index contributed by atoms with van der Waals surface area (Å²) in [7, 11) is 1.56. The maximum absolute atomic E-state index is 12.0. The van der Waals surface area contributed by atoms with Gasteiger partial charge in [-0.2, -0.15) is 5.11 Å². The van der Waals surface area contributed by atoms with Crippen molar-refractivity contribution in [3.05, 3.63) is 69.0 Å². The van der Waals surface area contributed by atoms with E-state index in [2.05, 4.69) is 20.4 Å². The van der Waals surface area contributed by atoms with Crippen LogP contribution < -0.4 is 10.3 Å². The van der Waals surface area contributed by atoms with Gasteiger partial charge in [0.15, 0.2) is 5.69 Å². The second-order valence-corrected chi connectivity index (χ2v) is 5.01. The Bertz CT molecular complexity index is 988. The van der Waals surface area contributed by atoms with E-state index in [1.807, 2.05) is 0 Å². The predicted molar refractivity (Wildman–Crippen MR) is 90.7 cm³/mol. The lowest BCUT2D eigenvalue weighted by molar-refractivity contribution is -0.384. The van der Waals surface area contributed by atoms with Crippen molar-refractivity contribution in [2.75, 3.05) is 7.11 Å². The highest BCUT2D eigenvalue weighted by Crippen LogP contribution is 2.28. The molecule has 0 saturated carbocycles. The van der Waals surface area contributed by atoms with E-state index in [0.717, 1.165) is 0 Å². The summed E-state index contributed by atoms with van der Waals surface area (Å²) in [4.78, 5) is 22.2. The Morgan fingerprint density at radius 3 is 2.52 bits per heavy atom. The van der Waals surface area contributed by atoms with Crippen molar-refractivity contribution in [1.29, 1.82) is 0 Å². The number of hydrogen-bond donors (Lipinski definition) is 2. The fraction of sp³-hybridized carbons (Fsp3) is 0.0625. The molecule has 1 heterocycles. The normalized spacial score (nSPS) is 10.9. The molecule has 126 valence electrons. The lowest BCUT2D eigenvalue weighted by Gasteiger charge is -2.01. The van der Waals surface area contributed by atoms with Crippen LogP contribution in [0.25, 0.3) is 11.3 Å². The molecule has 0 atom stereocenters. The van der Waals surface area contributed by atoms with Gasteiger partial charge in [-0.25, -0.2) is 0 Å². The van der Waals surface area contributed by atoms with Crippen LogP contribution in [0.5, 0.6) is 5.75 Å². The standard InChI is InChI=1S/C16H13N5O4/c1-25-13-7-5-10(6-8-13)14-15(16(22)20-18-14)19-17-11-3-2-4-12(9-11)21(23)24/h2-9H,1H3,(H2,18,20,22). The molecule has 0 spiro atoms. The summed E-state index contributed by atoms with van der Waals surface area (Å²) in [5.74, 6) is 0.682. The fourth-order valence-corrected chi connectivity index (χ4v) is 2.19. The van der Waals surface area contributed by atoms with Gasteiger partial charge in [-0.15, -0.1) is 5.11 Å². The molecule has 25 heavy (non-hydrogen) atoms. The van der Waals surface area contributed by atoms with Gasteiger partial charge in [-0.05, 0) is 30.3 Å². The van der Waals surface area contributed by atoms with Crippen molar-refractivity contribution in [3.63, 3.8) is 0 Å².